The van der Waals surface area contributed by atoms with Gasteiger partial charge < -0.3 is 20.1 Å². The maximum atomic E-state index is 6.20. The van der Waals surface area contributed by atoms with Gasteiger partial charge in [-0.15, -0.1) is 0 Å². The van der Waals surface area contributed by atoms with E-state index in [4.69, 9.17) is 33.2 Å². The first-order chi connectivity index (χ1) is 18.3. The van der Waals surface area contributed by atoms with Gasteiger partial charge in [-0.1, -0.05) is 41.9 Å². The van der Waals surface area contributed by atoms with Crippen LogP contribution in [0.5, 0.6) is 0 Å². The molecular formula is C28H24Cl2N8. The van der Waals surface area contributed by atoms with Crippen molar-refractivity contribution < 1.29 is 0 Å². The monoisotopic (exact) mass is 542 g/mol. The molecule has 4 heterocycles. The summed E-state index contributed by atoms with van der Waals surface area (Å²) in [6, 6.07) is 13.7. The van der Waals surface area contributed by atoms with Gasteiger partial charge in [-0.2, -0.15) is 4.98 Å². The number of nitrogens with one attached hydrogen (secondary N) is 2. The molecule has 0 amide bonds. The van der Waals surface area contributed by atoms with Crippen molar-refractivity contribution in [2.24, 2.45) is 0 Å². The fourth-order valence-electron chi connectivity index (χ4n) is 4.51. The summed E-state index contributed by atoms with van der Waals surface area (Å²) in [5.41, 5.74) is 7.44. The highest BCUT2D eigenvalue weighted by Crippen LogP contribution is 2.37. The molecule has 0 saturated carbocycles. The number of imidazole rings is 1. The minimum atomic E-state index is 0.476. The van der Waals surface area contributed by atoms with Crippen molar-refractivity contribution in [1.29, 1.82) is 0 Å². The Labute approximate surface area is 230 Å². The van der Waals surface area contributed by atoms with Crippen molar-refractivity contribution in [2.75, 3.05) is 22.2 Å². The Hall–Kier alpha value is -4.14. The first-order valence-corrected chi connectivity index (χ1v) is 12.7. The molecule has 38 heavy (non-hydrogen) atoms. The Kier molecular flexibility index (Phi) is 5.93. The van der Waals surface area contributed by atoms with E-state index in [1.807, 2.05) is 43.3 Å². The Balaban J connectivity index is 1.32. The van der Waals surface area contributed by atoms with E-state index in [0.717, 1.165) is 62.3 Å². The number of anilines is 4. The Morgan fingerprint density at radius 2 is 1.79 bits per heavy atom. The molecule has 0 spiro atoms. The van der Waals surface area contributed by atoms with Crippen molar-refractivity contribution in [1.82, 2.24) is 24.9 Å². The SMILES string of the molecule is C=C1N(C)c2nc(Nc3ccc(C)nc3)ncc2CN1c1cc(-c2nc3cc(Cl)c(Cl)cc3[nH]2)ccc1C. The van der Waals surface area contributed by atoms with Crippen LogP contribution in [-0.4, -0.2) is 32.0 Å². The molecule has 2 N–H and O–H groups in total. The summed E-state index contributed by atoms with van der Waals surface area (Å²) in [5, 5.41) is 4.19. The van der Waals surface area contributed by atoms with Gasteiger partial charge in [0.25, 0.3) is 0 Å². The average Bonchev–Trinajstić information content (AvgIpc) is 3.31. The lowest BCUT2D eigenvalue weighted by Gasteiger charge is -2.39. The molecule has 0 bridgehead atoms. The largest absolute Gasteiger partial charge is 0.338 e. The molecule has 2 aromatic carbocycles. The van der Waals surface area contributed by atoms with Crippen LogP contribution in [0.15, 0.2) is 67.3 Å². The van der Waals surface area contributed by atoms with Crippen LogP contribution in [-0.2, 0) is 6.54 Å². The van der Waals surface area contributed by atoms with E-state index in [9.17, 15) is 0 Å². The van der Waals surface area contributed by atoms with Crippen LogP contribution in [0.3, 0.4) is 0 Å². The summed E-state index contributed by atoms with van der Waals surface area (Å²) in [6.07, 6.45) is 3.62. The molecule has 0 saturated heterocycles. The van der Waals surface area contributed by atoms with E-state index in [1.165, 1.54) is 0 Å². The minimum Gasteiger partial charge on any atom is -0.338 e. The lowest BCUT2D eigenvalue weighted by atomic mass is 10.1. The fourth-order valence-corrected chi connectivity index (χ4v) is 4.83. The number of aromatic amines is 1. The number of fused-ring (bicyclic) bond motifs is 2. The molecule has 0 radical (unpaired) electrons. The van der Waals surface area contributed by atoms with Gasteiger partial charge in [-0.05, 0) is 49.7 Å². The molecule has 190 valence electrons. The van der Waals surface area contributed by atoms with Crippen LogP contribution in [0.2, 0.25) is 10.0 Å². The molecule has 10 heteroatoms. The van der Waals surface area contributed by atoms with Crippen LogP contribution in [0, 0.1) is 13.8 Å². The molecule has 0 atom stereocenters. The highest BCUT2D eigenvalue weighted by molar-refractivity contribution is 6.42. The summed E-state index contributed by atoms with van der Waals surface area (Å²) < 4.78 is 0. The molecule has 3 aromatic heterocycles. The molecule has 8 nitrogen and oxygen atoms in total. The molecule has 1 aliphatic rings. The minimum absolute atomic E-state index is 0.476. The second kappa shape index (κ2) is 9.31. The van der Waals surface area contributed by atoms with E-state index in [1.54, 1.807) is 18.3 Å². The van der Waals surface area contributed by atoms with Gasteiger partial charge in [-0.25, -0.2) is 9.97 Å². The molecule has 0 unspecified atom stereocenters. The van der Waals surface area contributed by atoms with Gasteiger partial charge in [0.15, 0.2) is 0 Å². The van der Waals surface area contributed by atoms with Crippen molar-refractivity contribution in [2.45, 2.75) is 20.4 Å². The van der Waals surface area contributed by atoms with Crippen LogP contribution >= 0.6 is 23.2 Å². The lowest BCUT2D eigenvalue weighted by Crippen LogP contribution is -2.38. The summed E-state index contributed by atoms with van der Waals surface area (Å²) in [6.45, 7) is 9.00. The van der Waals surface area contributed by atoms with E-state index >= 15 is 0 Å². The lowest BCUT2D eigenvalue weighted by molar-refractivity contribution is 0.800. The van der Waals surface area contributed by atoms with Crippen molar-refractivity contribution in [3.8, 4) is 11.4 Å². The zero-order chi connectivity index (χ0) is 26.6. The molecule has 0 aliphatic carbocycles. The highest BCUT2D eigenvalue weighted by atomic mass is 35.5. The van der Waals surface area contributed by atoms with Gasteiger partial charge in [0.1, 0.15) is 17.5 Å². The first-order valence-electron chi connectivity index (χ1n) is 12.0. The molecular weight excluding hydrogens is 519 g/mol. The number of aryl methyl sites for hydroxylation is 2. The number of H-pyrrole nitrogens is 1. The number of benzene rings is 2. The molecule has 1 aliphatic heterocycles. The quantitative estimate of drug-likeness (QED) is 0.252. The number of nitrogens with zero attached hydrogens (tertiary/aromatic N) is 6. The van der Waals surface area contributed by atoms with Crippen LogP contribution < -0.4 is 15.1 Å². The maximum absolute atomic E-state index is 6.20. The van der Waals surface area contributed by atoms with Crippen LogP contribution in [0.1, 0.15) is 16.8 Å². The summed E-state index contributed by atoms with van der Waals surface area (Å²) in [4.78, 5) is 25.9. The fraction of sp³-hybridized carbons (Fsp3) is 0.143. The Morgan fingerprint density at radius 3 is 2.58 bits per heavy atom. The summed E-state index contributed by atoms with van der Waals surface area (Å²) in [5.74, 6) is 2.86. The standard InChI is InChI=1S/C28H24Cl2N8/c1-15-5-7-18(26-34-23-10-21(29)22(30)11-24(23)35-26)9-25(15)38-14-19-12-32-28(36-27(19)37(4)17(38)3)33-20-8-6-16(2)31-13-20/h5-13H,3,14H2,1-2,4H3,(H,34,35)(H,32,33,36). The zero-order valence-electron chi connectivity index (χ0n) is 21.0. The second-order valence-electron chi connectivity index (χ2n) is 9.29. The number of halogens is 2. The molecule has 0 fully saturated rings. The Morgan fingerprint density at radius 1 is 0.974 bits per heavy atom. The van der Waals surface area contributed by atoms with Crippen molar-refractivity contribution >= 4 is 57.4 Å². The number of hydrogen-bond donors (Lipinski definition) is 2. The van der Waals surface area contributed by atoms with E-state index in [2.05, 4.69) is 50.8 Å². The van der Waals surface area contributed by atoms with Crippen molar-refractivity contribution in [3.05, 3.63) is 94.1 Å². The molecule has 6 rings (SSSR count). The van der Waals surface area contributed by atoms with E-state index in [-0.39, 0.29) is 0 Å². The number of pyridine rings is 1. The van der Waals surface area contributed by atoms with Crippen LogP contribution in [0.4, 0.5) is 23.1 Å². The second-order valence-corrected chi connectivity index (χ2v) is 10.1. The first kappa shape index (κ1) is 24.2. The van der Waals surface area contributed by atoms with Gasteiger partial charge in [0.05, 0.1) is 39.5 Å². The number of rotatable bonds is 4. The third kappa shape index (κ3) is 4.31. The molecule has 5 aromatic rings. The Bertz CT molecular complexity index is 1670. The number of hydrogen-bond acceptors (Lipinski definition) is 7. The third-order valence-electron chi connectivity index (χ3n) is 6.65. The average molecular weight is 543 g/mol. The smallest absolute Gasteiger partial charge is 0.229 e. The van der Waals surface area contributed by atoms with Crippen LogP contribution in [0.25, 0.3) is 22.4 Å². The third-order valence-corrected chi connectivity index (χ3v) is 7.37. The van der Waals surface area contributed by atoms with E-state index < -0.39 is 0 Å². The normalized spacial score (nSPS) is 13.2. The zero-order valence-corrected chi connectivity index (χ0v) is 22.6. The predicted molar refractivity (Wildman–Crippen MR) is 154 cm³/mol. The van der Waals surface area contributed by atoms with E-state index in [0.29, 0.717) is 22.5 Å². The van der Waals surface area contributed by atoms with Gasteiger partial charge in [0, 0.05) is 35.8 Å². The van der Waals surface area contributed by atoms with Gasteiger partial charge in [-0.3, -0.25) is 4.98 Å². The predicted octanol–water partition coefficient (Wildman–Crippen LogP) is 7.01. The van der Waals surface area contributed by atoms with Crippen molar-refractivity contribution in [3.63, 3.8) is 0 Å². The van der Waals surface area contributed by atoms with Gasteiger partial charge in [0.2, 0.25) is 5.95 Å². The summed E-state index contributed by atoms with van der Waals surface area (Å²) in [7, 11) is 1.96. The number of aromatic nitrogens is 5. The maximum Gasteiger partial charge on any atom is 0.229 e. The topological polar surface area (TPSA) is 85.9 Å². The summed E-state index contributed by atoms with van der Waals surface area (Å²) >= 11 is 12.4. The highest BCUT2D eigenvalue weighted by Gasteiger charge is 2.27. The van der Waals surface area contributed by atoms with Gasteiger partial charge >= 0.3 is 0 Å².